The first kappa shape index (κ1) is 12.2. The maximum atomic E-state index is 8.91. The summed E-state index contributed by atoms with van der Waals surface area (Å²) < 4.78 is 5.66. The van der Waals surface area contributed by atoms with Gasteiger partial charge >= 0.3 is 0 Å². The van der Waals surface area contributed by atoms with Gasteiger partial charge in [-0.1, -0.05) is 11.6 Å². The maximum absolute atomic E-state index is 8.91. The number of anilines is 1. The Hall–Kier alpha value is -1.31. The van der Waals surface area contributed by atoms with Crippen molar-refractivity contribution in [2.45, 2.75) is 26.1 Å². The fourth-order valence-electron chi connectivity index (χ4n) is 2.07. The number of morpholine rings is 1. The molecule has 0 N–H and O–H groups in total. The number of ether oxygens (including phenoxy) is 1. The zero-order valence-corrected chi connectivity index (χ0v) is 10.6. The number of nitrogens with zero attached hydrogens (tertiary/aromatic N) is 3. The Morgan fingerprint density at radius 1 is 1.41 bits per heavy atom. The van der Waals surface area contributed by atoms with Crippen LogP contribution in [0.5, 0.6) is 0 Å². The minimum atomic E-state index is 0.157. The average molecular weight is 252 g/mol. The molecule has 0 amide bonds. The van der Waals surface area contributed by atoms with E-state index in [4.69, 9.17) is 21.6 Å². The minimum Gasteiger partial charge on any atom is -0.372 e. The Labute approximate surface area is 106 Å². The van der Waals surface area contributed by atoms with Crippen LogP contribution in [-0.4, -0.2) is 30.3 Å². The highest BCUT2D eigenvalue weighted by Gasteiger charge is 2.23. The molecule has 4 nitrogen and oxygen atoms in total. The standard InChI is InChI=1S/C12H14ClN3O/c1-8-6-16(7-9(2)17-8)12-4-10(5-14)3-11(13)15-12/h3-4,8-9H,6-7H2,1-2H3/t8-,9+. The van der Waals surface area contributed by atoms with Crippen LogP contribution >= 0.6 is 11.6 Å². The molecule has 0 aromatic carbocycles. The Kier molecular flexibility index (Phi) is 3.51. The van der Waals surface area contributed by atoms with Crippen molar-refractivity contribution in [2.24, 2.45) is 0 Å². The largest absolute Gasteiger partial charge is 0.372 e. The second kappa shape index (κ2) is 4.91. The molecule has 2 rings (SSSR count). The number of hydrogen-bond acceptors (Lipinski definition) is 4. The van der Waals surface area contributed by atoms with E-state index >= 15 is 0 Å². The van der Waals surface area contributed by atoms with Gasteiger partial charge in [-0.15, -0.1) is 0 Å². The quantitative estimate of drug-likeness (QED) is 0.718. The van der Waals surface area contributed by atoms with E-state index in [2.05, 4.69) is 16.0 Å². The third-order valence-corrected chi connectivity index (χ3v) is 2.85. The van der Waals surface area contributed by atoms with E-state index in [9.17, 15) is 0 Å². The Balaban J connectivity index is 2.27. The van der Waals surface area contributed by atoms with Gasteiger partial charge in [-0.3, -0.25) is 0 Å². The molecular formula is C12H14ClN3O. The Bertz CT molecular complexity index is 448. The van der Waals surface area contributed by atoms with E-state index < -0.39 is 0 Å². The summed E-state index contributed by atoms with van der Waals surface area (Å²) in [5.41, 5.74) is 0.534. The van der Waals surface area contributed by atoms with Gasteiger partial charge in [0.2, 0.25) is 0 Å². The van der Waals surface area contributed by atoms with Crippen LogP contribution in [0.25, 0.3) is 0 Å². The van der Waals surface area contributed by atoms with E-state index in [1.165, 1.54) is 0 Å². The SMILES string of the molecule is C[C@@H]1CN(c2cc(C#N)cc(Cl)n2)C[C@H](C)O1. The van der Waals surface area contributed by atoms with Crippen molar-refractivity contribution in [2.75, 3.05) is 18.0 Å². The van der Waals surface area contributed by atoms with Crippen LogP contribution in [-0.2, 0) is 4.74 Å². The smallest absolute Gasteiger partial charge is 0.132 e. The zero-order valence-electron chi connectivity index (χ0n) is 9.85. The molecule has 0 unspecified atom stereocenters. The van der Waals surface area contributed by atoms with Gasteiger partial charge in [0.15, 0.2) is 0 Å². The summed E-state index contributed by atoms with van der Waals surface area (Å²) in [7, 11) is 0. The van der Waals surface area contributed by atoms with Crippen molar-refractivity contribution in [3.63, 3.8) is 0 Å². The van der Waals surface area contributed by atoms with Crippen molar-refractivity contribution in [3.05, 3.63) is 22.8 Å². The van der Waals surface area contributed by atoms with E-state index in [0.29, 0.717) is 10.7 Å². The molecule has 0 aliphatic carbocycles. The Morgan fingerprint density at radius 3 is 2.65 bits per heavy atom. The van der Waals surface area contributed by atoms with Crippen LogP contribution in [0, 0.1) is 11.3 Å². The van der Waals surface area contributed by atoms with Crippen LogP contribution < -0.4 is 4.90 Å². The van der Waals surface area contributed by atoms with Crippen LogP contribution in [0.3, 0.4) is 0 Å². The fourth-order valence-corrected chi connectivity index (χ4v) is 2.28. The third-order valence-electron chi connectivity index (χ3n) is 2.65. The predicted octanol–water partition coefficient (Wildman–Crippen LogP) is 2.22. The minimum absolute atomic E-state index is 0.157. The summed E-state index contributed by atoms with van der Waals surface area (Å²) in [6, 6.07) is 5.42. The number of aromatic nitrogens is 1. The molecule has 5 heteroatoms. The van der Waals surface area contributed by atoms with Gasteiger partial charge < -0.3 is 9.64 Å². The van der Waals surface area contributed by atoms with Gasteiger partial charge in [0.25, 0.3) is 0 Å². The zero-order chi connectivity index (χ0) is 12.4. The van der Waals surface area contributed by atoms with Crippen LogP contribution in [0.15, 0.2) is 12.1 Å². The number of halogens is 1. The lowest BCUT2D eigenvalue weighted by molar-refractivity contribution is -0.00545. The number of rotatable bonds is 1. The molecule has 0 spiro atoms. The third kappa shape index (κ3) is 2.87. The van der Waals surface area contributed by atoms with Crippen LogP contribution in [0.2, 0.25) is 5.15 Å². The summed E-state index contributed by atoms with van der Waals surface area (Å²) in [6.45, 7) is 5.59. The molecule has 1 aromatic heterocycles. The van der Waals surface area contributed by atoms with Gasteiger partial charge in [-0.25, -0.2) is 4.98 Å². The second-order valence-electron chi connectivity index (χ2n) is 4.31. The molecule has 0 radical (unpaired) electrons. The molecular weight excluding hydrogens is 238 g/mol. The maximum Gasteiger partial charge on any atom is 0.132 e. The summed E-state index contributed by atoms with van der Waals surface area (Å²) >= 11 is 5.90. The first-order valence-corrected chi connectivity index (χ1v) is 5.94. The van der Waals surface area contributed by atoms with Crippen molar-refractivity contribution in [1.29, 1.82) is 5.26 Å². The monoisotopic (exact) mass is 251 g/mol. The van der Waals surface area contributed by atoms with Gasteiger partial charge in [0.1, 0.15) is 11.0 Å². The van der Waals surface area contributed by atoms with Crippen LogP contribution in [0.4, 0.5) is 5.82 Å². The summed E-state index contributed by atoms with van der Waals surface area (Å²) in [5.74, 6) is 0.746. The number of hydrogen-bond donors (Lipinski definition) is 0. The highest BCUT2D eigenvalue weighted by Crippen LogP contribution is 2.21. The van der Waals surface area contributed by atoms with Gasteiger partial charge in [-0.05, 0) is 26.0 Å². The van der Waals surface area contributed by atoms with Gasteiger partial charge in [0.05, 0.1) is 23.8 Å². The first-order valence-electron chi connectivity index (χ1n) is 5.56. The molecule has 0 saturated carbocycles. The van der Waals surface area contributed by atoms with Crippen molar-refractivity contribution >= 4 is 17.4 Å². The van der Waals surface area contributed by atoms with E-state index in [-0.39, 0.29) is 12.2 Å². The average Bonchev–Trinajstić information content (AvgIpc) is 2.26. The second-order valence-corrected chi connectivity index (χ2v) is 4.70. The van der Waals surface area contributed by atoms with Crippen molar-refractivity contribution in [1.82, 2.24) is 4.98 Å². The van der Waals surface area contributed by atoms with Crippen molar-refractivity contribution in [3.8, 4) is 6.07 Å². The molecule has 1 saturated heterocycles. The predicted molar refractivity (Wildman–Crippen MR) is 66.2 cm³/mol. The molecule has 2 atom stereocenters. The summed E-state index contributed by atoms with van der Waals surface area (Å²) in [4.78, 5) is 6.36. The Morgan fingerprint density at radius 2 is 2.06 bits per heavy atom. The highest BCUT2D eigenvalue weighted by molar-refractivity contribution is 6.29. The topological polar surface area (TPSA) is 49.2 Å². The molecule has 1 aliphatic rings. The molecule has 90 valence electrons. The number of nitriles is 1. The van der Waals surface area contributed by atoms with Crippen molar-refractivity contribution < 1.29 is 4.74 Å². The van der Waals surface area contributed by atoms with Gasteiger partial charge in [-0.2, -0.15) is 5.26 Å². The molecule has 2 heterocycles. The van der Waals surface area contributed by atoms with E-state index in [0.717, 1.165) is 18.9 Å². The normalized spacial score (nSPS) is 24.5. The lowest BCUT2D eigenvalue weighted by Crippen LogP contribution is -2.45. The fraction of sp³-hybridized carbons (Fsp3) is 0.500. The summed E-state index contributed by atoms with van der Waals surface area (Å²) in [6.07, 6.45) is 0.315. The molecule has 1 fully saturated rings. The molecule has 0 bridgehead atoms. The van der Waals surface area contributed by atoms with Gasteiger partial charge in [0, 0.05) is 13.1 Å². The molecule has 1 aromatic rings. The van der Waals surface area contributed by atoms with E-state index in [1.807, 2.05) is 13.8 Å². The molecule has 1 aliphatic heterocycles. The van der Waals surface area contributed by atoms with Crippen LogP contribution in [0.1, 0.15) is 19.4 Å². The molecule has 17 heavy (non-hydrogen) atoms. The first-order chi connectivity index (χ1) is 8.08. The lowest BCUT2D eigenvalue weighted by atomic mass is 10.2. The number of pyridine rings is 1. The lowest BCUT2D eigenvalue weighted by Gasteiger charge is -2.36. The summed E-state index contributed by atoms with van der Waals surface area (Å²) in [5, 5.41) is 9.26. The van der Waals surface area contributed by atoms with E-state index in [1.54, 1.807) is 12.1 Å². The highest BCUT2D eigenvalue weighted by atomic mass is 35.5.